The van der Waals surface area contributed by atoms with Crippen LogP contribution < -0.4 is 0 Å². The number of hydrogen-bond acceptors (Lipinski definition) is 2. The predicted molar refractivity (Wildman–Crippen MR) is 233 cm³/mol. The Balaban J connectivity index is 1.12. The van der Waals surface area contributed by atoms with E-state index in [2.05, 4.69) is 188 Å². The Hall–Kier alpha value is -7.29. The maximum absolute atomic E-state index is 6.82. The summed E-state index contributed by atoms with van der Waals surface area (Å²) in [5.41, 5.74) is 9.46. The monoisotopic (exact) mass is 697 g/mol. The van der Waals surface area contributed by atoms with Crippen LogP contribution in [0.4, 0.5) is 0 Å². The van der Waals surface area contributed by atoms with Gasteiger partial charge in [-0.15, -0.1) is 0 Å². The van der Waals surface area contributed by atoms with Gasteiger partial charge >= 0.3 is 0 Å². The molecule has 2 nitrogen and oxygen atoms in total. The highest BCUT2D eigenvalue weighted by Crippen LogP contribution is 2.45. The molecule has 0 bridgehead atoms. The van der Waals surface area contributed by atoms with Crippen LogP contribution >= 0.6 is 0 Å². The molecule has 10 aromatic carbocycles. The van der Waals surface area contributed by atoms with Crippen molar-refractivity contribution in [1.29, 1.82) is 0 Å². The number of benzene rings is 10. The molecule has 0 saturated heterocycles. The predicted octanol–water partition coefficient (Wildman–Crippen LogP) is 14.9. The zero-order chi connectivity index (χ0) is 36.0. The third-order valence-corrected chi connectivity index (χ3v) is 11.6. The van der Waals surface area contributed by atoms with E-state index < -0.39 is 0 Å². The number of fused-ring (bicyclic) bond motifs is 15. The average molecular weight is 698 g/mol. The minimum atomic E-state index is 0.908. The topological polar surface area (TPSA) is 26.0 Å². The van der Waals surface area contributed by atoms with Crippen molar-refractivity contribution in [2.24, 2.45) is 0 Å². The summed E-state index contributed by atoms with van der Waals surface area (Å²) in [5.74, 6) is 0. The van der Waals surface area contributed by atoms with Gasteiger partial charge in [0.05, 0.1) is 11.2 Å². The van der Waals surface area contributed by atoms with Crippen LogP contribution in [-0.2, 0) is 0 Å². The molecule has 0 radical (unpaired) electrons. The van der Waals surface area contributed by atoms with Gasteiger partial charge in [-0.2, -0.15) is 0 Å². The normalized spacial score (nSPS) is 12.0. The molecule has 55 heavy (non-hydrogen) atoms. The fourth-order valence-corrected chi connectivity index (χ4v) is 9.11. The second-order valence-electron chi connectivity index (χ2n) is 14.6. The molecule has 0 aliphatic carbocycles. The summed E-state index contributed by atoms with van der Waals surface area (Å²) in [4.78, 5) is 5.54. The highest BCUT2D eigenvalue weighted by Gasteiger charge is 2.20. The van der Waals surface area contributed by atoms with Gasteiger partial charge in [-0.3, -0.25) is 0 Å². The summed E-state index contributed by atoms with van der Waals surface area (Å²) >= 11 is 0. The number of rotatable bonds is 3. The molecule has 2 aromatic heterocycles. The third kappa shape index (κ3) is 4.46. The van der Waals surface area contributed by atoms with Crippen LogP contribution in [0.3, 0.4) is 0 Å². The van der Waals surface area contributed by atoms with E-state index in [0.29, 0.717) is 0 Å². The molecule has 0 saturated carbocycles. The van der Waals surface area contributed by atoms with E-state index in [-0.39, 0.29) is 0 Å². The summed E-state index contributed by atoms with van der Waals surface area (Å²) in [5, 5.41) is 15.6. The van der Waals surface area contributed by atoms with Crippen LogP contribution in [0.1, 0.15) is 0 Å². The molecule has 0 fully saturated rings. The summed E-state index contributed by atoms with van der Waals surface area (Å²) in [6, 6.07) is 67.8. The van der Waals surface area contributed by atoms with E-state index in [9.17, 15) is 0 Å². The zero-order valence-electron chi connectivity index (χ0n) is 29.8. The summed E-state index contributed by atoms with van der Waals surface area (Å²) in [7, 11) is 0. The van der Waals surface area contributed by atoms with Crippen molar-refractivity contribution in [3.63, 3.8) is 0 Å². The average Bonchev–Trinajstić information content (AvgIpc) is 3.67. The Labute approximate surface area is 316 Å². The third-order valence-electron chi connectivity index (χ3n) is 11.6. The van der Waals surface area contributed by atoms with E-state index >= 15 is 0 Å². The summed E-state index contributed by atoms with van der Waals surface area (Å²) < 4.78 is 6.82. The largest absolute Gasteiger partial charge is 0.455 e. The molecule has 0 amide bonds. The molecule has 2 heteroatoms. The Morgan fingerprint density at radius 3 is 1.75 bits per heavy atom. The van der Waals surface area contributed by atoms with Gasteiger partial charge in [-0.25, -0.2) is 4.98 Å². The smallest absolute Gasteiger partial charge is 0.143 e. The summed E-state index contributed by atoms with van der Waals surface area (Å²) in [6.45, 7) is 0. The number of aromatic nitrogens is 1. The Morgan fingerprint density at radius 1 is 0.327 bits per heavy atom. The van der Waals surface area contributed by atoms with Crippen LogP contribution in [0.5, 0.6) is 0 Å². The lowest BCUT2D eigenvalue weighted by atomic mass is 9.90. The van der Waals surface area contributed by atoms with Gasteiger partial charge < -0.3 is 4.42 Å². The van der Waals surface area contributed by atoms with Crippen molar-refractivity contribution >= 4 is 86.7 Å². The first-order valence-corrected chi connectivity index (χ1v) is 18.9. The van der Waals surface area contributed by atoms with Crippen molar-refractivity contribution in [2.45, 2.75) is 0 Å². The van der Waals surface area contributed by atoms with Crippen LogP contribution in [0.25, 0.3) is 120 Å². The molecule has 12 rings (SSSR count). The first-order valence-electron chi connectivity index (χ1n) is 18.9. The van der Waals surface area contributed by atoms with Crippen molar-refractivity contribution in [3.8, 4) is 33.5 Å². The second-order valence-corrected chi connectivity index (χ2v) is 14.6. The van der Waals surface area contributed by atoms with Crippen LogP contribution in [0.15, 0.2) is 192 Å². The van der Waals surface area contributed by atoms with E-state index in [1.54, 1.807) is 0 Å². The molecule has 0 aliphatic heterocycles. The van der Waals surface area contributed by atoms with E-state index in [4.69, 9.17) is 9.40 Å². The molecule has 254 valence electrons. The van der Waals surface area contributed by atoms with Gasteiger partial charge in [0.25, 0.3) is 0 Å². The van der Waals surface area contributed by atoms with Gasteiger partial charge in [-0.1, -0.05) is 164 Å². The molecular formula is C53H31NO. The minimum Gasteiger partial charge on any atom is -0.455 e. The molecular weight excluding hydrogens is 667 g/mol. The van der Waals surface area contributed by atoms with Gasteiger partial charge in [-0.05, 0) is 84.0 Å². The van der Waals surface area contributed by atoms with Crippen molar-refractivity contribution in [3.05, 3.63) is 188 Å². The Morgan fingerprint density at radius 2 is 0.927 bits per heavy atom. The zero-order valence-corrected chi connectivity index (χ0v) is 29.8. The van der Waals surface area contributed by atoms with E-state index in [0.717, 1.165) is 55.6 Å². The molecule has 12 aromatic rings. The molecule has 0 aliphatic rings. The molecule has 0 unspecified atom stereocenters. The maximum Gasteiger partial charge on any atom is 0.143 e. The van der Waals surface area contributed by atoms with Crippen molar-refractivity contribution < 1.29 is 4.42 Å². The lowest BCUT2D eigenvalue weighted by molar-refractivity contribution is 0.670. The van der Waals surface area contributed by atoms with Crippen LogP contribution in [-0.4, -0.2) is 4.98 Å². The van der Waals surface area contributed by atoms with E-state index in [1.165, 1.54) is 64.6 Å². The van der Waals surface area contributed by atoms with Crippen LogP contribution in [0, 0.1) is 0 Å². The Kier molecular flexibility index (Phi) is 6.37. The number of hydrogen-bond donors (Lipinski definition) is 0. The molecule has 0 N–H and O–H groups in total. The SMILES string of the molecule is c1ccc(-c2nc3c4ccccc4c4ccccc4c3c3ccc(-c4cccc(-c5cc6ccccc6c6c5oc5ccc7ccccc7c56)c4)cc23)cc1. The lowest BCUT2D eigenvalue weighted by Crippen LogP contribution is -1.93. The quantitative estimate of drug-likeness (QED) is 0.172. The fourth-order valence-electron chi connectivity index (χ4n) is 9.11. The molecule has 2 heterocycles. The first-order chi connectivity index (χ1) is 27.3. The lowest BCUT2D eigenvalue weighted by Gasteiger charge is -2.16. The summed E-state index contributed by atoms with van der Waals surface area (Å²) in [6.07, 6.45) is 0. The molecule has 0 spiro atoms. The van der Waals surface area contributed by atoms with Gasteiger partial charge in [0, 0.05) is 38.1 Å². The highest BCUT2D eigenvalue weighted by atomic mass is 16.3. The fraction of sp³-hybridized carbons (Fsp3) is 0. The first kappa shape index (κ1) is 30.2. The number of pyridine rings is 1. The van der Waals surface area contributed by atoms with Crippen molar-refractivity contribution in [1.82, 2.24) is 4.98 Å². The second kappa shape index (κ2) is 11.6. The minimum absolute atomic E-state index is 0.908. The van der Waals surface area contributed by atoms with Gasteiger partial charge in [0.1, 0.15) is 11.2 Å². The van der Waals surface area contributed by atoms with Gasteiger partial charge in [0.15, 0.2) is 0 Å². The standard InChI is InChI=1S/C53H31NO/c1-2-14-33(15-3-1)51-46-30-35(25-27-43(46)48-42-23-10-8-21-40(42)41-22-9-11-24-44(41)52(48)54-51)34-17-12-18-36(29-34)45-31-37-16-5-7-20-39(37)50-49-38-19-6-4-13-32(38)26-28-47(49)55-53(45)50/h1-31H. The maximum atomic E-state index is 6.82. The molecule has 0 atom stereocenters. The number of furan rings is 1. The highest BCUT2D eigenvalue weighted by molar-refractivity contribution is 6.32. The van der Waals surface area contributed by atoms with Crippen LogP contribution in [0.2, 0.25) is 0 Å². The number of nitrogens with zero attached hydrogens (tertiary/aromatic N) is 1. The van der Waals surface area contributed by atoms with Gasteiger partial charge in [0.2, 0.25) is 0 Å². The van der Waals surface area contributed by atoms with Crippen molar-refractivity contribution in [2.75, 3.05) is 0 Å². The Bertz CT molecular complexity index is 3540. The van der Waals surface area contributed by atoms with E-state index in [1.807, 2.05) is 0 Å².